The Balaban J connectivity index is 1.98. The van der Waals surface area contributed by atoms with E-state index in [-0.39, 0.29) is 24.0 Å². The zero-order valence-corrected chi connectivity index (χ0v) is 14.8. The van der Waals surface area contributed by atoms with Crippen LogP contribution in [0.2, 0.25) is 0 Å². The van der Waals surface area contributed by atoms with Crippen LogP contribution in [0.5, 0.6) is 0 Å². The lowest BCUT2D eigenvalue weighted by atomic mass is 9.73. The topological polar surface area (TPSA) is 86.5 Å². The number of non-ortho nitro benzene ring substituents is 1. The molecule has 1 aliphatic carbocycles. The molecule has 0 bridgehead atoms. The molecular formula is C21H19NO5. The zero-order chi connectivity index (χ0) is 19.4. The third-order valence-corrected chi connectivity index (χ3v) is 4.68. The fraction of sp³-hybridized carbons (Fsp3) is 0.238. The first-order chi connectivity index (χ1) is 13.0. The number of allylic oxidation sites excluding steroid dienone is 2. The van der Waals surface area contributed by atoms with Gasteiger partial charge < -0.3 is 4.74 Å². The molecule has 6 heteroatoms. The second-order valence-electron chi connectivity index (χ2n) is 6.33. The Morgan fingerprint density at radius 2 is 1.81 bits per heavy atom. The van der Waals surface area contributed by atoms with E-state index in [1.807, 2.05) is 30.3 Å². The van der Waals surface area contributed by atoms with Gasteiger partial charge in [-0.1, -0.05) is 30.3 Å². The first-order valence-corrected chi connectivity index (χ1v) is 8.72. The molecular weight excluding hydrogens is 346 g/mol. The van der Waals surface area contributed by atoms with Crippen molar-refractivity contribution in [3.05, 3.63) is 81.9 Å². The Bertz CT molecular complexity index is 887. The summed E-state index contributed by atoms with van der Waals surface area (Å²) in [5.41, 5.74) is 2.36. The van der Waals surface area contributed by atoms with Gasteiger partial charge in [0.15, 0.2) is 5.78 Å². The number of hydrogen-bond donors (Lipinski definition) is 0. The molecule has 0 amide bonds. The highest BCUT2D eigenvalue weighted by molar-refractivity contribution is 6.10. The van der Waals surface area contributed by atoms with Gasteiger partial charge in [-0.3, -0.25) is 19.7 Å². The van der Waals surface area contributed by atoms with Crippen LogP contribution in [0, 0.1) is 16.0 Å². The maximum absolute atomic E-state index is 12.8. The van der Waals surface area contributed by atoms with Gasteiger partial charge >= 0.3 is 5.97 Å². The van der Waals surface area contributed by atoms with Crippen LogP contribution < -0.4 is 0 Å². The van der Waals surface area contributed by atoms with E-state index in [1.165, 1.54) is 18.2 Å². The summed E-state index contributed by atoms with van der Waals surface area (Å²) < 4.78 is 5.12. The molecule has 0 aromatic heterocycles. The van der Waals surface area contributed by atoms with Crippen molar-refractivity contribution >= 4 is 23.0 Å². The molecule has 0 radical (unpaired) electrons. The molecule has 138 valence electrons. The molecule has 2 aromatic rings. The number of nitro benzene ring substituents is 1. The predicted molar refractivity (Wildman–Crippen MR) is 100 cm³/mol. The summed E-state index contributed by atoms with van der Waals surface area (Å²) in [7, 11) is 0. The molecule has 0 spiro atoms. The molecule has 2 aromatic carbocycles. The smallest absolute Gasteiger partial charge is 0.317 e. The second-order valence-corrected chi connectivity index (χ2v) is 6.33. The summed E-state index contributed by atoms with van der Waals surface area (Å²) in [5, 5.41) is 10.8. The van der Waals surface area contributed by atoms with E-state index in [9.17, 15) is 19.7 Å². The van der Waals surface area contributed by atoms with Crippen LogP contribution >= 0.6 is 0 Å². The predicted octanol–water partition coefficient (Wildman–Crippen LogP) is 3.91. The minimum Gasteiger partial charge on any atom is -0.465 e. The fourth-order valence-electron chi connectivity index (χ4n) is 3.39. The molecule has 3 rings (SSSR count). The number of nitro groups is 1. The first-order valence-electron chi connectivity index (χ1n) is 8.72. The molecule has 1 aliphatic rings. The van der Waals surface area contributed by atoms with Crippen molar-refractivity contribution in [2.24, 2.45) is 5.92 Å². The van der Waals surface area contributed by atoms with Crippen molar-refractivity contribution in [1.82, 2.24) is 0 Å². The van der Waals surface area contributed by atoms with Crippen LogP contribution in [0.15, 0.2) is 60.7 Å². The lowest BCUT2D eigenvalue weighted by Gasteiger charge is -2.29. The summed E-state index contributed by atoms with van der Waals surface area (Å²) in [6, 6.07) is 15.5. The zero-order valence-electron chi connectivity index (χ0n) is 14.8. The molecule has 0 saturated carbocycles. The highest BCUT2D eigenvalue weighted by Gasteiger charge is 2.39. The summed E-state index contributed by atoms with van der Waals surface area (Å²) in [5.74, 6) is -2.04. The van der Waals surface area contributed by atoms with Gasteiger partial charge in [0, 0.05) is 18.1 Å². The van der Waals surface area contributed by atoms with Gasteiger partial charge in [0.2, 0.25) is 0 Å². The van der Waals surface area contributed by atoms with E-state index < -0.39 is 16.8 Å². The Labute approximate surface area is 156 Å². The minimum absolute atomic E-state index is 0.00880. The van der Waals surface area contributed by atoms with Crippen molar-refractivity contribution in [3.8, 4) is 0 Å². The third-order valence-electron chi connectivity index (χ3n) is 4.68. The quantitative estimate of drug-likeness (QED) is 0.347. The normalized spacial score (nSPS) is 19.3. The maximum Gasteiger partial charge on any atom is 0.317 e. The lowest BCUT2D eigenvalue weighted by molar-refractivity contribution is -0.384. The van der Waals surface area contributed by atoms with Crippen molar-refractivity contribution in [3.63, 3.8) is 0 Å². The van der Waals surface area contributed by atoms with Crippen molar-refractivity contribution in [2.45, 2.75) is 19.3 Å². The number of benzene rings is 2. The van der Waals surface area contributed by atoms with E-state index in [2.05, 4.69) is 0 Å². The number of ether oxygens (including phenoxy) is 1. The summed E-state index contributed by atoms with van der Waals surface area (Å²) in [4.78, 5) is 35.6. The van der Waals surface area contributed by atoms with Gasteiger partial charge in [-0.15, -0.1) is 0 Å². The Hall–Kier alpha value is -3.28. The van der Waals surface area contributed by atoms with Crippen molar-refractivity contribution in [1.29, 1.82) is 0 Å². The molecule has 0 heterocycles. The van der Waals surface area contributed by atoms with E-state index >= 15 is 0 Å². The number of ketones is 1. The van der Waals surface area contributed by atoms with Crippen LogP contribution in [0.1, 0.15) is 30.4 Å². The summed E-state index contributed by atoms with van der Waals surface area (Å²) >= 11 is 0. The Morgan fingerprint density at radius 3 is 2.41 bits per heavy atom. The minimum atomic E-state index is -0.880. The number of hydrogen-bond acceptors (Lipinski definition) is 5. The van der Waals surface area contributed by atoms with Crippen LogP contribution in [0.25, 0.3) is 5.57 Å². The molecule has 0 aliphatic heterocycles. The summed E-state index contributed by atoms with van der Waals surface area (Å²) in [6.07, 6.45) is 1.93. The van der Waals surface area contributed by atoms with Gasteiger partial charge in [-0.05, 0) is 48.3 Å². The van der Waals surface area contributed by atoms with Crippen LogP contribution in [0.4, 0.5) is 5.69 Å². The third kappa shape index (κ3) is 3.95. The molecule has 0 saturated heterocycles. The fourth-order valence-corrected chi connectivity index (χ4v) is 3.39. The van der Waals surface area contributed by atoms with Gasteiger partial charge in [0.1, 0.15) is 5.92 Å². The van der Waals surface area contributed by atoms with E-state index in [4.69, 9.17) is 4.74 Å². The number of nitrogens with zero attached hydrogens (tertiary/aromatic N) is 1. The lowest BCUT2D eigenvalue weighted by Crippen LogP contribution is -2.34. The van der Waals surface area contributed by atoms with Crippen molar-refractivity contribution in [2.75, 3.05) is 6.61 Å². The number of rotatable bonds is 5. The highest BCUT2D eigenvalue weighted by Crippen LogP contribution is 2.40. The van der Waals surface area contributed by atoms with E-state index in [1.54, 1.807) is 19.1 Å². The Morgan fingerprint density at radius 1 is 1.15 bits per heavy atom. The number of carbonyl (C=O) groups excluding carboxylic acids is 2. The van der Waals surface area contributed by atoms with Gasteiger partial charge in [0.05, 0.1) is 11.5 Å². The first kappa shape index (κ1) is 18.5. The highest BCUT2D eigenvalue weighted by atomic mass is 16.6. The monoisotopic (exact) mass is 365 g/mol. The average molecular weight is 365 g/mol. The average Bonchev–Trinajstić information content (AvgIpc) is 2.68. The molecule has 0 fully saturated rings. The van der Waals surface area contributed by atoms with Crippen LogP contribution in [-0.4, -0.2) is 23.3 Å². The standard InChI is InChI=1S/C21H19NO5/c1-2-27-21(24)20-18(15-6-4-3-5-7-15)12-16(13-19(20)23)14-8-10-17(11-9-14)22(25)26/h3-11,13,18,20H,2,12H2,1H3/t18-,20+/m0/s1. The maximum atomic E-state index is 12.8. The number of esters is 1. The SMILES string of the molecule is CCOC(=O)[C@H]1C(=O)C=C(c2ccc([N+](=O)[O-])cc2)C[C@H]1c1ccccc1. The molecule has 0 unspecified atom stereocenters. The molecule has 27 heavy (non-hydrogen) atoms. The van der Waals surface area contributed by atoms with Gasteiger partial charge in [-0.2, -0.15) is 0 Å². The largest absolute Gasteiger partial charge is 0.465 e. The Kier molecular flexibility index (Phi) is 5.45. The van der Waals surface area contributed by atoms with Crippen LogP contribution in [-0.2, 0) is 14.3 Å². The van der Waals surface area contributed by atoms with Crippen molar-refractivity contribution < 1.29 is 19.2 Å². The van der Waals surface area contributed by atoms with Crippen LogP contribution in [0.3, 0.4) is 0 Å². The van der Waals surface area contributed by atoms with E-state index in [0.29, 0.717) is 6.42 Å². The number of carbonyl (C=O) groups is 2. The molecule has 2 atom stereocenters. The molecule has 6 nitrogen and oxygen atoms in total. The summed E-state index contributed by atoms with van der Waals surface area (Å²) in [6.45, 7) is 1.92. The van der Waals surface area contributed by atoms with Gasteiger partial charge in [-0.25, -0.2) is 0 Å². The molecule has 0 N–H and O–H groups in total. The van der Waals surface area contributed by atoms with E-state index in [0.717, 1.165) is 16.7 Å². The van der Waals surface area contributed by atoms with Gasteiger partial charge in [0.25, 0.3) is 5.69 Å². The second kappa shape index (κ2) is 7.95.